The zero-order valence-electron chi connectivity index (χ0n) is 17.8. The van der Waals surface area contributed by atoms with Gasteiger partial charge < -0.3 is 4.43 Å². The van der Waals surface area contributed by atoms with Crippen molar-refractivity contribution in [3.8, 4) is 22.5 Å². The van der Waals surface area contributed by atoms with Gasteiger partial charge in [0.05, 0.1) is 6.61 Å². The first kappa shape index (κ1) is 21.1. The number of aromatic nitrogens is 3. The summed E-state index contributed by atoms with van der Waals surface area (Å²) in [5, 5.41) is 0.193. The molecule has 3 rings (SSSR count). The number of pyridine rings is 1. The van der Waals surface area contributed by atoms with Gasteiger partial charge in [0.25, 0.3) is 0 Å². The summed E-state index contributed by atoms with van der Waals surface area (Å²) in [6, 6.07) is 13.0. The molecule has 4 nitrogen and oxygen atoms in total. The maximum atomic E-state index is 6.28. The van der Waals surface area contributed by atoms with E-state index in [2.05, 4.69) is 67.0 Å². The van der Waals surface area contributed by atoms with Crippen LogP contribution in [0.2, 0.25) is 18.1 Å². The summed E-state index contributed by atoms with van der Waals surface area (Å²) in [6.45, 7) is 11.9. The van der Waals surface area contributed by atoms with Gasteiger partial charge in [0.15, 0.2) is 14.1 Å². The summed E-state index contributed by atoms with van der Waals surface area (Å²) in [5.41, 5.74) is 4.10. The molecule has 0 fully saturated rings. The fourth-order valence-corrected chi connectivity index (χ4v) is 3.68. The predicted molar refractivity (Wildman–Crippen MR) is 122 cm³/mol. The molecule has 0 aliphatic rings. The smallest absolute Gasteiger partial charge is 0.192 e. The summed E-state index contributed by atoms with van der Waals surface area (Å²) in [7, 11) is -1.77. The molecule has 149 valence electrons. The molecular formula is C24H28N3OSi. The van der Waals surface area contributed by atoms with Crippen LogP contribution >= 0.6 is 0 Å². The first-order valence-electron chi connectivity index (χ1n) is 9.82. The van der Waals surface area contributed by atoms with E-state index in [0.29, 0.717) is 12.4 Å². The van der Waals surface area contributed by atoms with Crippen molar-refractivity contribution in [1.82, 2.24) is 15.0 Å². The molecule has 0 unspecified atom stereocenters. The quantitative estimate of drug-likeness (QED) is 0.472. The average molecular weight is 403 g/mol. The standard InChI is InChI=1S/C24H28N3OSi/c1-24(2,3)29(4,5)28-18-7-10-20-9-6-11-21(19-12-16-25-17-13-19)22(20)23-26-14-8-15-27-23/h7-17H,18H2,1-5H3/b10-7+. The second kappa shape index (κ2) is 8.80. The van der Waals surface area contributed by atoms with E-state index in [4.69, 9.17) is 4.43 Å². The lowest BCUT2D eigenvalue weighted by Gasteiger charge is -2.35. The lowest BCUT2D eigenvalue weighted by atomic mass is 9.95. The highest BCUT2D eigenvalue weighted by Gasteiger charge is 2.36. The summed E-state index contributed by atoms with van der Waals surface area (Å²) < 4.78 is 6.28. The molecule has 0 spiro atoms. The van der Waals surface area contributed by atoms with E-state index in [-0.39, 0.29) is 5.04 Å². The number of hydrogen-bond acceptors (Lipinski definition) is 4. The summed E-state index contributed by atoms with van der Waals surface area (Å²) in [6.07, 6.45) is 11.3. The molecular weight excluding hydrogens is 374 g/mol. The van der Waals surface area contributed by atoms with Crippen LogP contribution in [0.15, 0.2) is 61.2 Å². The normalized spacial score (nSPS) is 12.4. The van der Waals surface area contributed by atoms with Crippen molar-refractivity contribution in [2.45, 2.75) is 38.9 Å². The Morgan fingerprint density at radius 2 is 1.72 bits per heavy atom. The molecule has 2 heterocycles. The lowest BCUT2D eigenvalue weighted by Crippen LogP contribution is -2.40. The van der Waals surface area contributed by atoms with Crippen LogP contribution in [-0.4, -0.2) is 29.9 Å². The van der Waals surface area contributed by atoms with Crippen molar-refractivity contribution >= 4 is 14.4 Å². The average Bonchev–Trinajstić information content (AvgIpc) is 2.71. The van der Waals surface area contributed by atoms with E-state index in [1.54, 1.807) is 24.8 Å². The molecule has 1 radical (unpaired) electrons. The van der Waals surface area contributed by atoms with Crippen LogP contribution in [0.5, 0.6) is 0 Å². The van der Waals surface area contributed by atoms with Crippen molar-refractivity contribution in [1.29, 1.82) is 0 Å². The Hall–Kier alpha value is -2.63. The fraction of sp³-hybridized carbons (Fsp3) is 0.292. The van der Waals surface area contributed by atoms with Crippen LogP contribution in [-0.2, 0) is 4.43 Å². The van der Waals surface area contributed by atoms with E-state index in [9.17, 15) is 0 Å². The van der Waals surface area contributed by atoms with Gasteiger partial charge in [-0.05, 0) is 71.2 Å². The van der Waals surface area contributed by atoms with Gasteiger partial charge >= 0.3 is 0 Å². The van der Waals surface area contributed by atoms with Gasteiger partial charge in [-0.3, -0.25) is 4.98 Å². The number of nitrogens with zero attached hydrogens (tertiary/aromatic N) is 3. The lowest BCUT2D eigenvalue weighted by molar-refractivity contribution is 0.328. The van der Waals surface area contributed by atoms with E-state index >= 15 is 0 Å². The van der Waals surface area contributed by atoms with Gasteiger partial charge in [0.1, 0.15) is 0 Å². The molecule has 2 aromatic heterocycles. The molecule has 0 bridgehead atoms. The van der Waals surface area contributed by atoms with Crippen LogP contribution in [0, 0.1) is 6.07 Å². The van der Waals surface area contributed by atoms with Gasteiger partial charge in [0, 0.05) is 30.4 Å². The highest BCUT2D eigenvalue weighted by atomic mass is 28.4. The van der Waals surface area contributed by atoms with Gasteiger partial charge in [-0.2, -0.15) is 0 Å². The monoisotopic (exact) mass is 402 g/mol. The van der Waals surface area contributed by atoms with Crippen LogP contribution < -0.4 is 0 Å². The van der Waals surface area contributed by atoms with Gasteiger partial charge in [-0.1, -0.05) is 32.9 Å². The van der Waals surface area contributed by atoms with Crippen molar-refractivity contribution in [3.63, 3.8) is 0 Å². The molecule has 0 saturated heterocycles. The zero-order valence-corrected chi connectivity index (χ0v) is 18.8. The molecule has 0 amide bonds. The largest absolute Gasteiger partial charge is 0.413 e. The van der Waals surface area contributed by atoms with Crippen molar-refractivity contribution < 1.29 is 4.43 Å². The van der Waals surface area contributed by atoms with Crippen molar-refractivity contribution in [3.05, 3.63) is 72.8 Å². The van der Waals surface area contributed by atoms with Gasteiger partial charge in [-0.25, -0.2) is 9.97 Å². The summed E-state index contributed by atoms with van der Waals surface area (Å²) in [4.78, 5) is 13.1. The molecule has 0 aliphatic carbocycles. The summed E-state index contributed by atoms with van der Waals surface area (Å²) >= 11 is 0. The zero-order chi connectivity index (χ0) is 20.9. The number of rotatable bonds is 6. The predicted octanol–water partition coefficient (Wildman–Crippen LogP) is 6.04. The summed E-state index contributed by atoms with van der Waals surface area (Å²) in [5.74, 6) is 0.693. The minimum absolute atomic E-state index is 0.193. The molecule has 0 N–H and O–H groups in total. The maximum Gasteiger partial charge on any atom is 0.192 e. The Bertz CT molecular complexity index is 964. The molecule has 3 aromatic rings. The number of hydrogen-bond donors (Lipinski definition) is 0. The Morgan fingerprint density at radius 3 is 2.38 bits per heavy atom. The first-order valence-corrected chi connectivity index (χ1v) is 12.7. The van der Waals surface area contributed by atoms with Gasteiger partial charge in [0.2, 0.25) is 0 Å². The van der Waals surface area contributed by atoms with Gasteiger partial charge in [-0.15, -0.1) is 0 Å². The minimum atomic E-state index is -1.77. The maximum absolute atomic E-state index is 6.28. The molecule has 0 aliphatic heterocycles. The van der Waals surface area contributed by atoms with Crippen LogP contribution in [0.1, 0.15) is 26.3 Å². The first-order chi connectivity index (χ1) is 13.8. The Labute approximate surface area is 174 Å². The molecule has 0 saturated carbocycles. The third kappa shape index (κ3) is 5.05. The topological polar surface area (TPSA) is 47.9 Å². The van der Waals surface area contributed by atoms with Crippen molar-refractivity contribution in [2.24, 2.45) is 0 Å². The van der Waals surface area contributed by atoms with E-state index in [1.165, 1.54) is 0 Å². The van der Waals surface area contributed by atoms with E-state index in [1.807, 2.05) is 30.3 Å². The second-order valence-electron chi connectivity index (χ2n) is 8.48. The Morgan fingerprint density at radius 1 is 1.03 bits per heavy atom. The Balaban J connectivity index is 1.95. The third-order valence-corrected chi connectivity index (χ3v) is 9.95. The molecule has 29 heavy (non-hydrogen) atoms. The SMILES string of the molecule is CC(C)(C)[Si](C)(C)OC/C=C/c1c[c]cc(-c2ccncc2)c1-c1ncccn1. The van der Waals surface area contributed by atoms with Crippen LogP contribution in [0.25, 0.3) is 28.6 Å². The third-order valence-electron chi connectivity index (χ3n) is 5.45. The van der Waals surface area contributed by atoms with Crippen LogP contribution in [0.4, 0.5) is 0 Å². The van der Waals surface area contributed by atoms with E-state index in [0.717, 1.165) is 22.3 Å². The fourth-order valence-electron chi connectivity index (χ4n) is 2.73. The number of benzene rings is 1. The minimum Gasteiger partial charge on any atom is -0.413 e. The highest BCUT2D eigenvalue weighted by Crippen LogP contribution is 2.37. The molecule has 0 atom stereocenters. The second-order valence-corrected chi connectivity index (χ2v) is 13.3. The van der Waals surface area contributed by atoms with Crippen molar-refractivity contribution in [2.75, 3.05) is 6.61 Å². The molecule has 1 aromatic carbocycles. The highest BCUT2D eigenvalue weighted by molar-refractivity contribution is 6.74. The van der Waals surface area contributed by atoms with E-state index < -0.39 is 8.32 Å². The Kier molecular flexibility index (Phi) is 6.40. The van der Waals surface area contributed by atoms with Crippen LogP contribution in [0.3, 0.4) is 0 Å². The molecule has 5 heteroatoms.